The van der Waals surface area contributed by atoms with Gasteiger partial charge in [-0.25, -0.2) is 9.78 Å². The minimum atomic E-state index is -1.90. The highest BCUT2D eigenvalue weighted by atomic mass is 16.4. The number of aromatic amines is 3. The van der Waals surface area contributed by atoms with E-state index in [0.717, 1.165) is 4.90 Å². The van der Waals surface area contributed by atoms with Gasteiger partial charge < -0.3 is 115 Å². The maximum absolute atomic E-state index is 15.1. The van der Waals surface area contributed by atoms with Crippen molar-refractivity contribution >= 4 is 111 Å². The first-order valence-electron chi connectivity index (χ1n) is 43.2. The van der Waals surface area contributed by atoms with Crippen molar-refractivity contribution < 1.29 is 92.3 Å². The number of hydrogen-bond acceptors (Lipinski definition) is 20. The van der Waals surface area contributed by atoms with Crippen molar-refractivity contribution in [1.29, 1.82) is 0 Å². The zero-order valence-electron chi connectivity index (χ0n) is 73.1. The number of aliphatic hydroxyl groups excluding tert-OH is 1. The van der Waals surface area contributed by atoms with Crippen LogP contribution in [-0.4, -0.2) is 249 Å². The van der Waals surface area contributed by atoms with Gasteiger partial charge in [0.25, 0.3) is 0 Å². The number of nitrogens with zero attached hydrogens (tertiary/aromatic N) is 3. The molecule has 3 aromatic carbocycles. The third kappa shape index (κ3) is 28.3. The number of carbonyl (C=O) groups excluding carboxylic acids is 13. The number of para-hydroxylation sites is 2. The van der Waals surface area contributed by atoms with Gasteiger partial charge in [-0.3, -0.25) is 67.1 Å². The summed E-state index contributed by atoms with van der Waals surface area (Å²) >= 11 is 0. The van der Waals surface area contributed by atoms with E-state index in [1.165, 1.54) is 55.5 Å². The van der Waals surface area contributed by atoms with E-state index in [4.69, 9.17) is 11.5 Å². The molecule has 38 heteroatoms. The topological polar surface area (TPSA) is 588 Å². The molecule has 8 rings (SSSR count). The summed E-state index contributed by atoms with van der Waals surface area (Å²) < 4.78 is 0. The van der Waals surface area contributed by atoms with Gasteiger partial charge in [0.05, 0.1) is 24.9 Å². The van der Waals surface area contributed by atoms with Crippen LogP contribution in [0, 0.1) is 23.7 Å². The molecule has 0 radical (unpaired) electrons. The number of benzene rings is 3. The van der Waals surface area contributed by atoms with Crippen LogP contribution in [0.1, 0.15) is 169 Å². The SMILES string of the molecule is CC[C@H](C)[C@H](NC(=O)[C@H](C)N)C(=O)N[C@@H](Cc1c[nH]c2ccccc12)C(=O)N[C@@H](Cc1ccc(O)cc1)C(=O)N[C@@H](CC(=O)O)C(=O)N1CCC[C@H]1C(=O)N[C@@H](CC(C)C)C(=O)N[C@H](C(=O)N[C@@H](CCCCN)C(=O)N[C@@H](CC(C)C)C(=O)N[C@@H](Cc1c[nH]c2ccccc12)C(=O)N[C@@H](CC(C)C)C(=O)N1CCC[C@H]1C(=O)N[C@@H](Cc1cnc[nH]1)C(=O)O)[C@@H](C)O. The van der Waals surface area contributed by atoms with Crippen molar-refractivity contribution in [3.8, 4) is 5.75 Å². The minimum absolute atomic E-state index is 0.0214. The Hall–Kier alpha value is -12.3. The molecule has 0 saturated carbocycles. The number of carboxylic acid groups (broad SMARTS) is 2. The van der Waals surface area contributed by atoms with Gasteiger partial charge in [0, 0.05) is 84.9 Å². The fourth-order valence-corrected chi connectivity index (χ4v) is 15.7. The number of aliphatic hydroxyl groups is 1. The van der Waals surface area contributed by atoms with Crippen LogP contribution in [0.5, 0.6) is 5.75 Å². The Bertz CT molecular complexity index is 4760. The fourth-order valence-electron chi connectivity index (χ4n) is 15.7. The minimum Gasteiger partial charge on any atom is -0.508 e. The summed E-state index contributed by atoms with van der Waals surface area (Å²) in [6.45, 7) is 17.0. The van der Waals surface area contributed by atoms with Gasteiger partial charge in [-0.2, -0.15) is 0 Å². The van der Waals surface area contributed by atoms with Crippen LogP contribution in [0.2, 0.25) is 0 Å². The lowest BCUT2D eigenvalue weighted by Crippen LogP contribution is -2.62. The molecular weight excluding hydrogens is 1630 g/mol. The van der Waals surface area contributed by atoms with Crippen LogP contribution in [0.15, 0.2) is 97.7 Å². The first kappa shape index (κ1) is 99.1. The molecule has 0 bridgehead atoms. The number of nitrogens with two attached hydrogens (primary N) is 2. The smallest absolute Gasteiger partial charge is 0.326 e. The van der Waals surface area contributed by atoms with E-state index in [2.05, 4.69) is 78.4 Å². The average Bonchev–Trinajstić information content (AvgIpc) is 1.64. The predicted octanol–water partition coefficient (Wildman–Crippen LogP) is 1.26. The zero-order valence-corrected chi connectivity index (χ0v) is 73.1. The number of fused-ring (bicyclic) bond motifs is 2. The number of phenols is 1. The van der Waals surface area contributed by atoms with Gasteiger partial charge >= 0.3 is 11.9 Å². The number of carbonyl (C=O) groups is 15. The summed E-state index contributed by atoms with van der Waals surface area (Å²) in [7, 11) is 0. The molecule has 2 saturated heterocycles. The van der Waals surface area contributed by atoms with Crippen molar-refractivity contribution in [3.05, 3.63) is 120 Å². The van der Waals surface area contributed by atoms with Crippen LogP contribution in [0.25, 0.3) is 21.8 Å². The Balaban J connectivity index is 0.979. The molecule has 2 aliphatic rings. The molecule has 6 aromatic rings. The highest BCUT2D eigenvalue weighted by Gasteiger charge is 2.45. The number of hydrogen-bond donors (Lipinski definition) is 20. The number of likely N-dealkylation sites (tertiary alicyclic amines) is 2. The number of H-pyrrole nitrogens is 3. The van der Waals surface area contributed by atoms with Crippen LogP contribution >= 0.6 is 0 Å². The quantitative estimate of drug-likeness (QED) is 0.0239. The van der Waals surface area contributed by atoms with E-state index in [-0.39, 0.29) is 120 Å². The third-order valence-corrected chi connectivity index (χ3v) is 22.6. The van der Waals surface area contributed by atoms with E-state index in [0.29, 0.717) is 63.5 Å². The van der Waals surface area contributed by atoms with Gasteiger partial charge in [0.2, 0.25) is 76.8 Å². The Labute approximate surface area is 731 Å². The van der Waals surface area contributed by atoms with Crippen LogP contribution < -0.4 is 70.0 Å². The number of rotatable bonds is 48. The second kappa shape index (κ2) is 47.1. The van der Waals surface area contributed by atoms with Crippen LogP contribution in [0.3, 0.4) is 0 Å². The lowest BCUT2D eigenvalue weighted by Gasteiger charge is -2.31. The lowest BCUT2D eigenvalue weighted by atomic mass is 9.96. The van der Waals surface area contributed by atoms with Crippen LogP contribution in [0.4, 0.5) is 0 Å². The molecule has 126 heavy (non-hydrogen) atoms. The molecule has 2 fully saturated rings. The highest BCUT2D eigenvalue weighted by molar-refractivity contribution is 6.02. The molecule has 0 spiro atoms. The summed E-state index contributed by atoms with van der Waals surface area (Å²) in [6, 6.07) is 0.107. The van der Waals surface area contributed by atoms with Crippen molar-refractivity contribution in [2.45, 2.75) is 263 Å². The van der Waals surface area contributed by atoms with Crippen molar-refractivity contribution in [3.63, 3.8) is 0 Å². The predicted molar refractivity (Wildman–Crippen MR) is 465 cm³/mol. The van der Waals surface area contributed by atoms with Crippen LogP contribution in [-0.2, 0) is 97.6 Å². The Morgan fingerprint density at radius 2 is 0.905 bits per heavy atom. The molecule has 22 N–H and O–H groups in total. The number of aromatic hydroxyl groups is 1. The number of imidazole rings is 1. The molecule has 38 nitrogen and oxygen atoms in total. The van der Waals surface area contributed by atoms with Gasteiger partial charge in [-0.15, -0.1) is 0 Å². The van der Waals surface area contributed by atoms with E-state index in [1.807, 2.05) is 32.0 Å². The van der Waals surface area contributed by atoms with E-state index in [1.54, 1.807) is 84.3 Å². The number of aromatic nitrogens is 4. The van der Waals surface area contributed by atoms with Gasteiger partial charge in [0.1, 0.15) is 84.3 Å². The fraction of sp³-hybridized carbons (Fsp3) is 0.545. The number of phenolic OH excluding ortho intramolecular Hbond substituents is 1. The lowest BCUT2D eigenvalue weighted by molar-refractivity contribution is -0.146. The first-order valence-corrected chi connectivity index (χ1v) is 43.2. The second-order valence-electron chi connectivity index (χ2n) is 34.2. The number of aliphatic carboxylic acids is 2. The second-order valence-corrected chi connectivity index (χ2v) is 34.2. The van der Waals surface area contributed by atoms with Gasteiger partial charge in [-0.05, 0) is 149 Å². The Kier molecular flexibility index (Phi) is 37.1. The van der Waals surface area contributed by atoms with Crippen molar-refractivity contribution in [1.82, 2.24) is 88.2 Å². The normalized spacial score (nSPS) is 17.3. The standard InChI is InChI=1S/C88H125N19O19/c1-11-49(8)73(104-75(112)50(9)90)84(121)100-66(39-54-43-93-60-23-15-13-21-58(54)60)79(116)97-64(37-52-27-29-56(109)30-28-52)78(115)102-68(41-72(110)111)87(124)107-33-18-25-70(107)82(119)99-63(35-47(4)5)81(118)105-74(51(10)108)85(122)95-61(24-16-17-31-89)76(113)96-62(34-46(2)3)77(114)98-65(38-53-42-92-59-22-14-12-20-57(53)59)80(117)101-67(36-48(6)7)86(123)106-32-19-26-71(106)83(120)103-69(88(125)126)40-55-44-91-45-94-55/h12-15,20-23,27-30,42-51,61-71,73-74,92-93,108-109H,11,16-19,24-26,31-41,89-90H2,1-10H3,(H,91,94)(H,95,122)(H,96,113)(H,97,116)(H,98,114)(H,99,119)(H,100,121)(H,101,117)(H,102,115)(H,103,120)(H,104,112)(H,105,118)(H,110,111)(H,125,126)/t49-,50-,51+,61-,62-,63-,64-,65-,66-,67-,68-,69-,70-,71-,73-,74-/m0/s1. The monoisotopic (exact) mass is 1750 g/mol. The summed E-state index contributed by atoms with van der Waals surface area (Å²) in [5, 5.41) is 73.0. The maximum atomic E-state index is 15.1. The molecule has 5 heterocycles. The molecule has 0 aliphatic carbocycles. The van der Waals surface area contributed by atoms with Crippen molar-refractivity contribution in [2.75, 3.05) is 19.6 Å². The molecule has 13 amide bonds. The maximum Gasteiger partial charge on any atom is 0.326 e. The van der Waals surface area contributed by atoms with Gasteiger partial charge in [0.15, 0.2) is 0 Å². The molecule has 16 atom stereocenters. The average molecular weight is 1750 g/mol. The molecule has 3 aromatic heterocycles. The molecule has 2 aliphatic heterocycles. The number of nitrogens with one attached hydrogen (secondary N) is 14. The summed E-state index contributed by atoms with van der Waals surface area (Å²) in [5.41, 5.74) is 15.2. The number of carboxylic acids is 2. The molecular formula is C88H125N19O19. The molecule has 0 unspecified atom stereocenters. The molecule has 686 valence electrons. The van der Waals surface area contributed by atoms with E-state index in [9.17, 15) is 82.8 Å². The zero-order chi connectivity index (χ0) is 92.3. The summed E-state index contributed by atoms with van der Waals surface area (Å²) in [5.74, 6) is -15.5. The summed E-state index contributed by atoms with van der Waals surface area (Å²) in [4.78, 5) is 231. The first-order chi connectivity index (χ1) is 59.8. The highest BCUT2D eigenvalue weighted by Crippen LogP contribution is 2.27. The van der Waals surface area contributed by atoms with Crippen molar-refractivity contribution in [2.24, 2.45) is 35.1 Å². The van der Waals surface area contributed by atoms with Gasteiger partial charge in [-0.1, -0.05) is 110 Å². The summed E-state index contributed by atoms with van der Waals surface area (Å²) in [6.07, 6.45) is 4.30. The van der Waals surface area contributed by atoms with E-state index < -0.39 is 192 Å². The Morgan fingerprint density at radius 1 is 0.476 bits per heavy atom. The largest absolute Gasteiger partial charge is 0.508 e. The Morgan fingerprint density at radius 3 is 1.39 bits per heavy atom. The number of amides is 13. The number of unbranched alkanes of at least 4 members (excludes halogenated alkanes) is 1. The van der Waals surface area contributed by atoms with E-state index >= 15 is 9.59 Å². The third-order valence-electron chi connectivity index (χ3n) is 22.6.